The highest BCUT2D eigenvalue weighted by Crippen LogP contribution is 2.36. The van der Waals surface area contributed by atoms with Gasteiger partial charge in [-0.25, -0.2) is 0 Å². The van der Waals surface area contributed by atoms with E-state index < -0.39 is 0 Å². The van der Waals surface area contributed by atoms with E-state index in [1.807, 2.05) is 0 Å². The molecule has 0 amide bonds. The first-order valence-corrected chi connectivity index (χ1v) is 8.32. The maximum Gasteiger partial charge on any atom is 0.123 e. The Morgan fingerprint density at radius 2 is 1.84 bits per heavy atom. The lowest BCUT2D eigenvalue weighted by atomic mass is 10.0. The molecule has 1 nitrogen and oxygen atoms in total. The minimum Gasteiger partial charge on any atom is -0.490 e. The van der Waals surface area contributed by atoms with Crippen LogP contribution in [0.5, 0.6) is 5.75 Å². The standard InChI is InChI=1S/C16H14BrIO/c1-10-8-13-9-12(4-7-15(13)19-10)16(17)11-2-5-14(18)6-3-11/h2-7,9-10,16H,8H2,1H3. The molecule has 3 heteroatoms. The van der Waals surface area contributed by atoms with Crippen molar-refractivity contribution in [3.8, 4) is 5.75 Å². The molecule has 1 aliphatic rings. The lowest BCUT2D eigenvalue weighted by Crippen LogP contribution is -2.05. The van der Waals surface area contributed by atoms with Crippen LogP contribution in [0.15, 0.2) is 42.5 Å². The molecular formula is C16H14BrIO. The molecular weight excluding hydrogens is 415 g/mol. The second-order valence-corrected chi connectivity index (χ2v) is 7.08. The van der Waals surface area contributed by atoms with Gasteiger partial charge in [0.25, 0.3) is 0 Å². The summed E-state index contributed by atoms with van der Waals surface area (Å²) < 4.78 is 7.01. The minimum absolute atomic E-state index is 0.241. The Kier molecular flexibility index (Phi) is 3.85. The van der Waals surface area contributed by atoms with E-state index in [9.17, 15) is 0 Å². The molecule has 98 valence electrons. The zero-order chi connectivity index (χ0) is 13.4. The Hall–Kier alpha value is -0.550. The van der Waals surface area contributed by atoms with Crippen LogP contribution in [0.25, 0.3) is 0 Å². The van der Waals surface area contributed by atoms with Crippen LogP contribution >= 0.6 is 38.5 Å². The third-order valence-electron chi connectivity index (χ3n) is 3.38. The average molecular weight is 429 g/mol. The van der Waals surface area contributed by atoms with Gasteiger partial charge in [0.2, 0.25) is 0 Å². The SMILES string of the molecule is CC1Cc2cc(C(Br)c3ccc(I)cc3)ccc2O1. The van der Waals surface area contributed by atoms with Gasteiger partial charge in [0.15, 0.2) is 0 Å². The molecule has 1 heterocycles. The maximum absolute atomic E-state index is 5.75. The van der Waals surface area contributed by atoms with Crippen LogP contribution in [0, 0.1) is 3.57 Å². The van der Waals surface area contributed by atoms with Crippen molar-refractivity contribution in [1.82, 2.24) is 0 Å². The summed E-state index contributed by atoms with van der Waals surface area (Å²) in [6.07, 6.45) is 1.31. The highest BCUT2D eigenvalue weighted by atomic mass is 127. The molecule has 0 fully saturated rings. The van der Waals surface area contributed by atoms with Crippen molar-refractivity contribution in [2.24, 2.45) is 0 Å². The zero-order valence-corrected chi connectivity index (χ0v) is 14.3. The number of ether oxygens (including phenoxy) is 1. The molecule has 0 aliphatic carbocycles. The summed E-state index contributed by atoms with van der Waals surface area (Å²) in [5, 5.41) is 0. The van der Waals surface area contributed by atoms with Crippen LogP contribution in [0.4, 0.5) is 0 Å². The summed E-state index contributed by atoms with van der Waals surface area (Å²) in [4.78, 5) is 0.241. The molecule has 0 bridgehead atoms. The largest absolute Gasteiger partial charge is 0.490 e. The Bertz CT molecular complexity index is 594. The minimum atomic E-state index is 0.241. The number of rotatable bonds is 2. The van der Waals surface area contributed by atoms with Crippen LogP contribution in [0.1, 0.15) is 28.4 Å². The van der Waals surface area contributed by atoms with Gasteiger partial charge in [0.05, 0.1) is 4.83 Å². The molecule has 0 saturated heterocycles. The lowest BCUT2D eigenvalue weighted by Gasteiger charge is -2.12. The molecule has 2 unspecified atom stereocenters. The van der Waals surface area contributed by atoms with E-state index in [-0.39, 0.29) is 4.83 Å². The van der Waals surface area contributed by atoms with Crippen LogP contribution < -0.4 is 4.74 Å². The predicted molar refractivity (Wildman–Crippen MR) is 90.2 cm³/mol. The molecule has 0 aromatic heterocycles. The highest BCUT2D eigenvalue weighted by Gasteiger charge is 2.20. The number of fused-ring (bicyclic) bond motifs is 1. The van der Waals surface area contributed by atoms with E-state index in [0.29, 0.717) is 6.10 Å². The molecule has 3 rings (SSSR count). The topological polar surface area (TPSA) is 9.23 Å². The number of hydrogen-bond acceptors (Lipinski definition) is 1. The first-order chi connectivity index (χ1) is 9.13. The zero-order valence-electron chi connectivity index (χ0n) is 10.6. The normalized spacial score (nSPS) is 18.8. The van der Waals surface area contributed by atoms with Gasteiger partial charge < -0.3 is 4.74 Å². The van der Waals surface area contributed by atoms with E-state index in [4.69, 9.17) is 4.74 Å². The van der Waals surface area contributed by atoms with Gasteiger partial charge in [0.1, 0.15) is 11.9 Å². The van der Waals surface area contributed by atoms with Crippen molar-refractivity contribution in [3.05, 3.63) is 62.7 Å². The lowest BCUT2D eigenvalue weighted by molar-refractivity contribution is 0.254. The Morgan fingerprint density at radius 3 is 2.58 bits per heavy atom. The first-order valence-electron chi connectivity index (χ1n) is 6.32. The van der Waals surface area contributed by atoms with Gasteiger partial charge in [0, 0.05) is 9.99 Å². The molecule has 1 aliphatic heterocycles. The average Bonchev–Trinajstić information content (AvgIpc) is 2.77. The number of hydrogen-bond donors (Lipinski definition) is 0. The van der Waals surface area contributed by atoms with E-state index in [0.717, 1.165) is 12.2 Å². The van der Waals surface area contributed by atoms with Crippen LogP contribution in [0.2, 0.25) is 0 Å². The fraction of sp³-hybridized carbons (Fsp3) is 0.250. The molecule has 2 aromatic rings. The third-order valence-corrected chi connectivity index (χ3v) is 5.15. The van der Waals surface area contributed by atoms with Gasteiger partial charge in [-0.15, -0.1) is 0 Å². The van der Waals surface area contributed by atoms with Gasteiger partial charge in [-0.1, -0.05) is 40.2 Å². The van der Waals surface area contributed by atoms with Crippen molar-refractivity contribution in [2.75, 3.05) is 0 Å². The van der Waals surface area contributed by atoms with E-state index in [1.165, 1.54) is 20.3 Å². The Balaban J connectivity index is 1.90. The fourth-order valence-electron chi connectivity index (χ4n) is 2.42. The van der Waals surface area contributed by atoms with Crippen LogP contribution in [-0.2, 0) is 6.42 Å². The summed E-state index contributed by atoms with van der Waals surface area (Å²) in [5.74, 6) is 1.04. The highest BCUT2D eigenvalue weighted by molar-refractivity contribution is 14.1. The van der Waals surface area contributed by atoms with Gasteiger partial charge >= 0.3 is 0 Å². The van der Waals surface area contributed by atoms with Crippen LogP contribution in [0.3, 0.4) is 0 Å². The summed E-state index contributed by atoms with van der Waals surface area (Å²) in [6.45, 7) is 2.12. The Morgan fingerprint density at radius 1 is 1.16 bits per heavy atom. The van der Waals surface area contributed by atoms with Crippen molar-refractivity contribution < 1.29 is 4.74 Å². The molecule has 0 N–H and O–H groups in total. The molecule has 0 spiro atoms. The molecule has 19 heavy (non-hydrogen) atoms. The molecule has 0 radical (unpaired) electrons. The maximum atomic E-state index is 5.75. The molecule has 0 saturated carbocycles. The van der Waals surface area contributed by atoms with E-state index in [2.05, 4.69) is 87.9 Å². The second kappa shape index (κ2) is 5.44. The quantitative estimate of drug-likeness (QED) is 0.477. The third kappa shape index (κ3) is 2.82. The van der Waals surface area contributed by atoms with Crippen molar-refractivity contribution in [1.29, 1.82) is 0 Å². The van der Waals surface area contributed by atoms with Crippen molar-refractivity contribution >= 4 is 38.5 Å². The Labute approximate surface area is 135 Å². The van der Waals surface area contributed by atoms with Gasteiger partial charge in [-0.3, -0.25) is 0 Å². The summed E-state index contributed by atoms with van der Waals surface area (Å²) in [5.41, 5.74) is 3.89. The smallest absolute Gasteiger partial charge is 0.123 e. The number of alkyl halides is 1. The van der Waals surface area contributed by atoms with Crippen molar-refractivity contribution in [3.63, 3.8) is 0 Å². The first kappa shape index (κ1) is 13.4. The molecule has 2 atom stereocenters. The van der Waals surface area contributed by atoms with Crippen molar-refractivity contribution in [2.45, 2.75) is 24.3 Å². The summed E-state index contributed by atoms with van der Waals surface area (Å²) >= 11 is 6.13. The van der Waals surface area contributed by atoms with Gasteiger partial charge in [-0.2, -0.15) is 0 Å². The number of halogens is 2. The van der Waals surface area contributed by atoms with Gasteiger partial charge in [-0.05, 0) is 64.4 Å². The second-order valence-electron chi connectivity index (χ2n) is 4.91. The van der Waals surface area contributed by atoms with E-state index in [1.54, 1.807) is 0 Å². The van der Waals surface area contributed by atoms with E-state index >= 15 is 0 Å². The molecule has 2 aromatic carbocycles. The number of benzene rings is 2. The fourth-order valence-corrected chi connectivity index (χ4v) is 3.37. The monoisotopic (exact) mass is 428 g/mol. The summed E-state index contributed by atoms with van der Waals surface area (Å²) in [7, 11) is 0. The van der Waals surface area contributed by atoms with Crippen LogP contribution in [-0.4, -0.2) is 6.10 Å². The predicted octanol–water partition coefficient (Wildman–Crippen LogP) is 5.10. The summed E-state index contributed by atoms with van der Waals surface area (Å²) in [6, 6.07) is 15.1.